The summed E-state index contributed by atoms with van der Waals surface area (Å²) in [7, 11) is -4.16. The molecule has 0 aliphatic rings. The molecule has 10 nitrogen and oxygen atoms in total. The molecule has 0 unspecified atom stereocenters. The fourth-order valence-corrected chi connectivity index (χ4v) is 3.05. The molecular formula is C19H31NO9S2. The Bertz CT molecular complexity index is 935. The summed E-state index contributed by atoms with van der Waals surface area (Å²) in [4.78, 5) is 11.0. The van der Waals surface area contributed by atoms with Gasteiger partial charge in [-0.2, -0.15) is 16.8 Å². The van der Waals surface area contributed by atoms with Crippen molar-refractivity contribution in [3.8, 4) is 0 Å². The van der Waals surface area contributed by atoms with Crippen LogP contribution in [0, 0.1) is 0 Å². The zero-order valence-electron chi connectivity index (χ0n) is 17.9. The van der Waals surface area contributed by atoms with Crippen LogP contribution in [0.2, 0.25) is 0 Å². The van der Waals surface area contributed by atoms with Crippen molar-refractivity contribution in [2.75, 3.05) is 39.5 Å². The van der Waals surface area contributed by atoms with E-state index in [0.717, 1.165) is 5.56 Å². The highest BCUT2D eigenvalue weighted by Crippen LogP contribution is 2.10. The number of carbonyl (C=O) groups is 1. The molecule has 31 heavy (non-hydrogen) atoms. The lowest BCUT2D eigenvalue weighted by atomic mass is 10.2. The smallest absolute Gasteiger partial charge is 0.333 e. The van der Waals surface area contributed by atoms with Gasteiger partial charge in [0.25, 0.3) is 20.2 Å². The molecule has 12 heteroatoms. The lowest BCUT2D eigenvalue weighted by molar-refractivity contribution is -0.890. The molecule has 0 bridgehead atoms. The predicted octanol–water partition coefficient (Wildman–Crippen LogP) is 1.86. The highest BCUT2D eigenvalue weighted by atomic mass is 32.2. The zero-order valence-corrected chi connectivity index (χ0v) is 19.5. The van der Waals surface area contributed by atoms with Crippen molar-refractivity contribution in [2.24, 2.45) is 0 Å². The fraction of sp³-hybridized carbons (Fsp3) is 0.421. The molecule has 1 rings (SSSR count). The van der Waals surface area contributed by atoms with E-state index >= 15 is 0 Å². The first-order valence-electron chi connectivity index (χ1n) is 8.87. The number of benzene rings is 1. The summed E-state index contributed by atoms with van der Waals surface area (Å²) in [5, 5.41) is 0. The second-order valence-electron chi connectivity index (χ2n) is 7.19. The molecule has 0 fully saturated rings. The van der Waals surface area contributed by atoms with Crippen molar-refractivity contribution in [3.63, 3.8) is 0 Å². The van der Waals surface area contributed by atoms with Gasteiger partial charge < -0.3 is 14.7 Å². The molecule has 1 aromatic carbocycles. The number of nitrogens with zero attached hydrogens (tertiary/aromatic N) is 1. The van der Waals surface area contributed by atoms with E-state index in [9.17, 15) is 21.6 Å². The Labute approximate surface area is 184 Å². The Kier molecular flexibility index (Phi) is 13.4. The number of ether oxygens (including phenoxy) is 1. The first kappa shape index (κ1) is 31.1. The molecule has 1 aromatic rings. The van der Waals surface area contributed by atoms with E-state index in [1.807, 2.05) is 14.1 Å². The quantitative estimate of drug-likeness (QED) is 0.219. The van der Waals surface area contributed by atoms with Crippen LogP contribution in [0.3, 0.4) is 0 Å². The molecule has 178 valence electrons. The third-order valence-electron chi connectivity index (χ3n) is 3.86. The van der Waals surface area contributed by atoms with Crippen LogP contribution >= 0.6 is 0 Å². The molecule has 0 aromatic heterocycles. The summed E-state index contributed by atoms with van der Waals surface area (Å²) in [6.07, 6.45) is 1.95. The van der Waals surface area contributed by atoms with E-state index in [1.165, 1.54) is 12.1 Å². The van der Waals surface area contributed by atoms with E-state index in [1.54, 1.807) is 25.1 Å². The van der Waals surface area contributed by atoms with E-state index < -0.39 is 26.2 Å². The SMILES string of the molecule is C=C(C)C(=O)OCC[N+](C)(C)CCCS(=O)(=O)O.C=Cc1ccc(S(=O)(=O)O)cc1.[OH-]. The lowest BCUT2D eigenvalue weighted by Gasteiger charge is -2.29. The summed E-state index contributed by atoms with van der Waals surface area (Å²) >= 11 is 0. The monoisotopic (exact) mass is 481 g/mol. The highest BCUT2D eigenvalue weighted by Gasteiger charge is 2.17. The molecule has 0 saturated carbocycles. The second kappa shape index (κ2) is 13.3. The van der Waals surface area contributed by atoms with Crippen molar-refractivity contribution in [3.05, 3.63) is 48.6 Å². The number of hydrogen-bond acceptors (Lipinski definition) is 7. The van der Waals surface area contributed by atoms with Crippen molar-refractivity contribution in [1.29, 1.82) is 0 Å². The van der Waals surface area contributed by atoms with E-state index in [4.69, 9.17) is 13.8 Å². The number of rotatable bonds is 10. The number of hydrogen-bond donors (Lipinski definition) is 2. The molecule has 0 atom stereocenters. The number of esters is 1. The standard InChI is InChI=1S/C11H21NO5S.C8H8O3S.H2O/c1-10(2)11(13)17-8-7-12(3,4)6-5-9-18(14,15)16;1-2-7-3-5-8(6-4-7)12(9,10)11;/h1,5-9H2,2-4H3;2-6H,1H2,(H,9,10,11);1H2. The van der Waals surface area contributed by atoms with E-state index in [0.29, 0.717) is 29.6 Å². The van der Waals surface area contributed by atoms with Crippen LogP contribution in [0.15, 0.2) is 47.9 Å². The summed E-state index contributed by atoms with van der Waals surface area (Å²) in [6.45, 7) is 9.96. The third-order valence-corrected chi connectivity index (χ3v) is 5.53. The molecule has 0 aliphatic carbocycles. The maximum atomic E-state index is 11.1. The summed E-state index contributed by atoms with van der Waals surface area (Å²) < 4.78 is 64.9. The molecular weight excluding hydrogens is 450 g/mol. The van der Waals surface area contributed by atoms with Gasteiger partial charge in [-0.05, 0) is 24.6 Å². The Morgan fingerprint density at radius 3 is 2.00 bits per heavy atom. The minimum Gasteiger partial charge on any atom is -0.870 e. The normalized spacial score (nSPS) is 11.4. The van der Waals surface area contributed by atoms with Gasteiger partial charge in [0.05, 0.1) is 31.3 Å². The molecule has 0 radical (unpaired) electrons. The van der Waals surface area contributed by atoms with Gasteiger partial charge in [0.1, 0.15) is 13.2 Å². The molecule has 0 spiro atoms. The summed E-state index contributed by atoms with van der Waals surface area (Å²) in [6, 6.07) is 5.78. The maximum Gasteiger partial charge on any atom is 0.333 e. The maximum absolute atomic E-state index is 11.1. The molecule has 0 amide bonds. The van der Waals surface area contributed by atoms with Crippen LogP contribution in [0.4, 0.5) is 0 Å². The van der Waals surface area contributed by atoms with Crippen LogP contribution in [-0.2, 0) is 29.8 Å². The first-order valence-corrected chi connectivity index (χ1v) is 11.9. The van der Waals surface area contributed by atoms with Crippen LogP contribution in [0.25, 0.3) is 6.08 Å². The Hall–Kier alpha value is -2.09. The Morgan fingerprint density at radius 2 is 1.61 bits per heavy atom. The average molecular weight is 482 g/mol. The Morgan fingerprint density at radius 1 is 1.10 bits per heavy atom. The molecule has 3 N–H and O–H groups in total. The van der Waals surface area contributed by atoms with Gasteiger partial charge in [0, 0.05) is 12.0 Å². The van der Waals surface area contributed by atoms with Crippen molar-refractivity contribution < 1.29 is 45.4 Å². The van der Waals surface area contributed by atoms with Gasteiger partial charge in [-0.1, -0.05) is 31.4 Å². The highest BCUT2D eigenvalue weighted by molar-refractivity contribution is 7.86. The zero-order chi connectivity index (χ0) is 23.6. The van der Waals surface area contributed by atoms with Crippen LogP contribution in [-0.4, -0.2) is 81.4 Å². The number of carbonyl (C=O) groups excluding carboxylic acids is 1. The van der Waals surface area contributed by atoms with Crippen molar-refractivity contribution >= 4 is 32.3 Å². The lowest BCUT2D eigenvalue weighted by Crippen LogP contribution is -2.43. The number of quaternary nitrogens is 1. The van der Waals surface area contributed by atoms with Gasteiger partial charge in [-0.3, -0.25) is 9.11 Å². The Balaban J connectivity index is 0. The van der Waals surface area contributed by atoms with Gasteiger partial charge in [-0.15, -0.1) is 0 Å². The van der Waals surface area contributed by atoms with Crippen molar-refractivity contribution in [1.82, 2.24) is 0 Å². The first-order chi connectivity index (χ1) is 13.6. The van der Waals surface area contributed by atoms with E-state index in [2.05, 4.69) is 13.2 Å². The minimum absolute atomic E-state index is 0. The number of likely N-dealkylation sites (N-methyl/N-ethyl adjacent to an activating group) is 1. The van der Waals surface area contributed by atoms with E-state index in [-0.39, 0.29) is 22.7 Å². The van der Waals surface area contributed by atoms with Gasteiger partial charge in [-0.25, -0.2) is 4.79 Å². The van der Waals surface area contributed by atoms with Crippen LogP contribution in [0.1, 0.15) is 18.9 Å². The topological polar surface area (TPSA) is 165 Å². The van der Waals surface area contributed by atoms with Gasteiger partial charge >= 0.3 is 5.97 Å². The minimum atomic E-state index is -4.06. The largest absolute Gasteiger partial charge is 0.870 e. The fourth-order valence-electron chi connectivity index (χ4n) is 2.07. The molecule has 0 saturated heterocycles. The third kappa shape index (κ3) is 15.4. The van der Waals surface area contributed by atoms with Crippen LogP contribution < -0.4 is 0 Å². The van der Waals surface area contributed by atoms with Crippen molar-refractivity contribution in [2.45, 2.75) is 18.2 Å². The summed E-state index contributed by atoms with van der Waals surface area (Å²) in [5.41, 5.74) is 1.16. The molecule has 0 heterocycles. The van der Waals surface area contributed by atoms with Gasteiger partial charge in [0.2, 0.25) is 0 Å². The summed E-state index contributed by atoms with van der Waals surface area (Å²) in [5.74, 6) is -0.673. The average Bonchev–Trinajstić information content (AvgIpc) is 2.60. The second-order valence-corrected chi connectivity index (χ2v) is 10.2. The molecule has 0 aliphatic heterocycles. The predicted molar refractivity (Wildman–Crippen MR) is 117 cm³/mol. The van der Waals surface area contributed by atoms with Crippen LogP contribution in [0.5, 0.6) is 0 Å². The van der Waals surface area contributed by atoms with Gasteiger partial charge in [0.15, 0.2) is 0 Å².